The number of anilines is 1. The highest BCUT2D eigenvalue weighted by molar-refractivity contribution is 14.0. The van der Waals surface area contributed by atoms with Gasteiger partial charge in [-0.15, -0.1) is 24.0 Å². The van der Waals surface area contributed by atoms with Gasteiger partial charge in [-0.2, -0.15) is 0 Å². The minimum atomic E-state index is 0. The van der Waals surface area contributed by atoms with Gasteiger partial charge in [0.2, 0.25) is 0 Å². The molecule has 0 radical (unpaired) electrons. The van der Waals surface area contributed by atoms with Crippen molar-refractivity contribution >= 4 is 35.6 Å². The molecule has 0 bridgehead atoms. The number of halogens is 1. The van der Waals surface area contributed by atoms with Crippen molar-refractivity contribution < 1.29 is 4.74 Å². The Morgan fingerprint density at radius 3 is 2.75 bits per heavy atom. The van der Waals surface area contributed by atoms with Crippen molar-refractivity contribution in [3.05, 3.63) is 29.8 Å². The second kappa shape index (κ2) is 8.78. The summed E-state index contributed by atoms with van der Waals surface area (Å²) in [6.07, 6.45) is 4.15. The van der Waals surface area contributed by atoms with E-state index < -0.39 is 0 Å². The number of ether oxygens (including phenoxy) is 1. The fourth-order valence-corrected chi connectivity index (χ4v) is 5.19. The van der Waals surface area contributed by atoms with E-state index in [4.69, 9.17) is 4.74 Å². The molecule has 6 heteroatoms. The van der Waals surface area contributed by atoms with Crippen LogP contribution in [-0.4, -0.2) is 44.8 Å². The van der Waals surface area contributed by atoms with E-state index in [2.05, 4.69) is 65.6 Å². The molecule has 1 saturated carbocycles. The Hall–Kier alpha value is -1.02. The Morgan fingerprint density at radius 2 is 2.04 bits per heavy atom. The van der Waals surface area contributed by atoms with Crippen molar-refractivity contribution in [2.24, 2.45) is 16.3 Å². The lowest BCUT2D eigenvalue weighted by atomic mass is 9.57. The predicted octanol–water partition coefficient (Wildman–Crippen LogP) is 3.94. The summed E-state index contributed by atoms with van der Waals surface area (Å²) in [5.74, 6) is 1.49. The smallest absolute Gasteiger partial charge is 0.191 e. The number of guanidine groups is 1. The predicted molar refractivity (Wildman–Crippen MR) is 127 cm³/mol. The van der Waals surface area contributed by atoms with E-state index >= 15 is 0 Å². The van der Waals surface area contributed by atoms with Gasteiger partial charge >= 0.3 is 0 Å². The minimum absolute atomic E-state index is 0. The molecule has 1 aromatic carbocycles. The Balaban J connectivity index is 0.00000225. The first-order chi connectivity index (χ1) is 13.0. The van der Waals surface area contributed by atoms with Crippen LogP contribution in [0, 0.1) is 11.3 Å². The fourth-order valence-electron chi connectivity index (χ4n) is 5.19. The average Bonchev–Trinajstić information content (AvgIpc) is 3.35. The van der Waals surface area contributed by atoms with Crippen molar-refractivity contribution in [2.45, 2.75) is 58.2 Å². The largest absolute Gasteiger partial charge is 0.377 e. The number of benzene rings is 1. The van der Waals surface area contributed by atoms with E-state index in [1.165, 1.54) is 37.2 Å². The van der Waals surface area contributed by atoms with Gasteiger partial charge in [0.15, 0.2) is 5.96 Å². The van der Waals surface area contributed by atoms with Crippen molar-refractivity contribution in [1.82, 2.24) is 10.6 Å². The average molecular weight is 498 g/mol. The molecule has 4 unspecified atom stereocenters. The zero-order chi connectivity index (χ0) is 19.0. The maximum Gasteiger partial charge on any atom is 0.191 e. The molecule has 2 heterocycles. The van der Waals surface area contributed by atoms with E-state index in [-0.39, 0.29) is 35.4 Å². The number of nitrogens with one attached hydrogen (secondary N) is 2. The Bertz CT molecular complexity index is 702. The Labute approximate surface area is 186 Å². The Morgan fingerprint density at radius 1 is 1.29 bits per heavy atom. The van der Waals surface area contributed by atoms with Crippen LogP contribution in [0.15, 0.2) is 29.3 Å². The van der Waals surface area contributed by atoms with Crippen molar-refractivity contribution in [3.63, 3.8) is 0 Å². The van der Waals surface area contributed by atoms with E-state index in [1.54, 1.807) is 0 Å². The first kappa shape index (κ1) is 21.7. The second-order valence-electron chi connectivity index (χ2n) is 8.91. The summed E-state index contributed by atoms with van der Waals surface area (Å²) < 4.78 is 5.92. The molecule has 5 nitrogen and oxygen atoms in total. The monoisotopic (exact) mass is 498 g/mol. The number of nitrogens with zero attached hydrogens (tertiary/aromatic N) is 2. The van der Waals surface area contributed by atoms with Crippen LogP contribution in [-0.2, 0) is 4.74 Å². The van der Waals surface area contributed by atoms with Crippen LogP contribution < -0.4 is 15.5 Å². The quantitative estimate of drug-likeness (QED) is 0.375. The molecule has 28 heavy (non-hydrogen) atoms. The number of fused-ring (bicyclic) bond motifs is 1. The van der Waals surface area contributed by atoms with Gasteiger partial charge in [-0.1, -0.05) is 26.0 Å². The molecule has 156 valence electrons. The summed E-state index contributed by atoms with van der Waals surface area (Å²) in [5, 5.41) is 7.28. The van der Waals surface area contributed by atoms with E-state index in [9.17, 15) is 0 Å². The lowest BCUT2D eigenvalue weighted by Crippen LogP contribution is -2.68. The lowest BCUT2D eigenvalue weighted by Gasteiger charge is -2.55. The zero-order valence-electron chi connectivity index (χ0n) is 17.6. The molecule has 1 aliphatic carbocycles. The standard InChI is InChI=1S/C22H34N4O.HI/c1-15(16-8-7-9-17(14-16)26-11-5-6-12-26)24-21(23-4)25-19-18-10-13-27-20(18)22(19,2)3;/h7-9,14-15,18-20H,5-6,10-13H2,1-4H3,(H2,23,24,25);1H. The first-order valence-electron chi connectivity index (χ1n) is 10.5. The molecule has 3 aliphatic rings. The van der Waals surface area contributed by atoms with Crippen molar-refractivity contribution in [1.29, 1.82) is 0 Å². The third-order valence-electron chi connectivity index (χ3n) is 6.81. The van der Waals surface area contributed by atoms with Gasteiger partial charge in [-0.05, 0) is 43.9 Å². The van der Waals surface area contributed by atoms with Gasteiger partial charge in [0.1, 0.15) is 0 Å². The molecule has 0 spiro atoms. The number of aliphatic imine (C=N–C) groups is 1. The maximum atomic E-state index is 5.92. The van der Waals surface area contributed by atoms with Gasteiger partial charge in [0, 0.05) is 49.8 Å². The van der Waals surface area contributed by atoms with Crippen LogP contribution in [0.4, 0.5) is 5.69 Å². The molecule has 0 aromatic heterocycles. The van der Waals surface area contributed by atoms with E-state index in [0.29, 0.717) is 18.1 Å². The SMILES string of the molecule is CN=C(NC(C)c1cccc(N2CCCC2)c1)NC1C2CCOC2C1(C)C.I. The number of hydrogen-bond acceptors (Lipinski definition) is 3. The summed E-state index contributed by atoms with van der Waals surface area (Å²) in [6.45, 7) is 10.1. The molecule has 4 atom stereocenters. The van der Waals surface area contributed by atoms with Crippen molar-refractivity contribution in [3.8, 4) is 0 Å². The lowest BCUT2D eigenvalue weighted by molar-refractivity contribution is -0.106. The van der Waals surface area contributed by atoms with Crippen LogP contribution in [0.1, 0.15) is 51.6 Å². The molecular formula is C22H35IN4O. The molecule has 1 aromatic rings. The van der Waals surface area contributed by atoms with Crippen molar-refractivity contribution in [2.75, 3.05) is 31.6 Å². The summed E-state index contributed by atoms with van der Waals surface area (Å²) in [4.78, 5) is 6.98. The van der Waals surface area contributed by atoms with Gasteiger partial charge in [-0.3, -0.25) is 4.99 Å². The number of hydrogen-bond donors (Lipinski definition) is 2. The first-order valence-corrected chi connectivity index (χ1v) is 10.5. The highest BCUT2D eigenvalue weighted by atomic mass is 127. The van der Waals surface area contributed by atoms with Gasteiger partial charge in [-0.25, -0.2) is 0 Å². The third-order valence-corrected chi connectivity index (χ3v) is 6.81. The van der Waals surface area contributed by atoms with Gasteiger partial charge in [0.25, 0.3) is 0 Å². The molecule has 0 amide bonds. The summed E-state index contributed by atoms with van der Waals surface area (Å²) in [5.41, 5.74) is 2.79. The van der Waals surface area contributed by atoms with Gasteiger partial charge < -0.3 is 20.3 Å². The molecular weight excluding hydrogens is 463 g/mol. The summed E-state index contributed by atoms with van der Waals surface area (Å²) in [7, 11) is 1.86. The highest BCUT2D eigenvalue weighted by Crippen LogP contribution is 2.52. The normalized spacial score (nSPS) is 29.5. The van der Waals surface area contributed by atoms with Crippen LogP contribution >= 0.6 is 24.0 Å². The third kappa shape index (κ3) is 3.99. The molecule has 2 N–H and O–H groups in total. The zero-order valence-corrected chi connectivity index (χ0v) is 19.9. The second-order valence-corrected chi connectivity index (χ2v) is 8.91. The summed E-state index contributed by atoms with van der Waals surface area (Å²) in [6, 6.07) is 9.55. The number of rotatable bonds is 4. The molecule has 2 saturated heterocycles. The summed E-state index contributed by atoms with van der Waals surface area (Å²) >= 11 is 0. The highest BCUT2D eigenvalue weighted by Gasteiger charge is 2.59. The van der Waals surface area contributed by atoms with Gasteiger partial charge in [0.05, 0.1) is 12.1 Å². The van der Waals surface area contributed by atoms with E-state index in [1.807, 2.05) is 7.05 Å². The fraction of sp³-hybridized carbons (Fsp3) is 0.682. The Kier molecular flexibility index (Phi) is 6.80. The van der Waals surface area contributed by atoms with Crippen LogP contribution in [0.2, 0.25) is 0 Å². The topological polar surface area (TPSA) is 48.9 Å². The molecule has 4 rings (SSSR count). The van der Waals surface area contributed by atoms with Crippen LogP contribution in [0.3, 0.4) is 0 Å². The van der Waals surface area contributed by atoms with Crippen LogP contribution in [0.5, 0.6) is 0 Å². The maximum absolute atomic E-state index is 5.92. The van der Waals surface area contributed by atoms with E-state index in [0.717, 1.165) is 19.0 Å². The van der Waals surface area contributed by atoms with Crippen LogP contribution in [0.25, 0.3) is 0 Å². The molecule has 3 fully saturated rings. The minimum Gasteiger partial charge on any atom is -0.377 e. The molecule has 2 aliphatic heterocycles.